The number of carbonyl (C=O) groups is 2. The van der Waals surface area contributed by atoms with Gasteiger partial charge in [0.25, 0.3) is 5.91 Å². The fourth-order valence-corrected chi connectivity index (χ4v) is 3.93. The summed E-state index contributed by atoms with van der Waals surface area (Å²) in [5, 5.41) is 15.4. The van der Waals surface area contributed by atoms with Crippen LogP contribution in [0, 0.1) is 13.8 Å². The summed E-state index contributed by atoms with van der Waals surface area (Å²) < 4.78 is 1.94. The Morgan fingerprint density at radius 1 is 1.03 bits per heavy atom. The van der Waals surface area contributed by atoms with Gasteiger partial charge in [-0.3, -0.25) is 4.79 Å². The van der Waals surface area contributed by atoms with Crippen molar-refractivity contribution in [2.24, 2.45) is 5.10 Å². The zero-order chi connectivity index (χ0) is 22.3. The van der Waals surface area contributed by atoms with Crippen molar-refractivity contribution in [1.29, 1.82) is 0 Å². The zero-order valence-corrected chi connectivity index (χ0v) is 18.0. The Labute approximate surface area is 184 Å². The number of carboxylic acid groups (broad SMARTS) is 1. The summed E-state index contributed by atoms with van der Waals surface area (Å²) in [7, 11) is 0. The molecule has 7 heteroatoms. The van der Waals surface area contributed by atoms with Gasteiger partial charge >= 0.3 is 5.97 Å². The number of carbonyl (C=O) groups excluding carboxylic acids is 1. The van der Waals surface area contributed by atoms with Crippen LogP contribution >= 0.6 is 11.6 Å². The molecule has 0 radical (unpaired) electrons. The molecule has 0 aliphatic carbocycles. The predicted octanol–water partition coefficient (Wildman–Crippen LogP) is 5.25. The van der Waals surface area contributed by atoms with E-state index in [0.29, 0.717) is 22.7 Å². The molecule has 1 aliphatic rings. The molecule has 0 saturated heterocycles. The minimum absolute atomic E-state index is 0.0408. The van der Waals surface area contributed by atoms with Gasteiger partial charge in [-0.2, -0.15) is 10.1 Å². The SMILES string of the molecule is CC1=NN(c2ccccc2)C(=O)/C1=C/c1cc(C)n(-c2ccc(Cl)c(C(=O)O)c2)c1C. The molecule has 156 valence electrons. The van der Waals surface area contributed by atoms with Gasteiger partial charge in [0.05, 0.1) is 27.6 Å². The third kappa shape index (κ3) is 3.66. The fraction of sp³-hybridized carbons (Fsp3) is 0.125. The van der Waals surface area contributed by atoms with Crippen LogP contribution < -0.4 is 5.01 Å². The van der Waals surface area contributed by atoms with E-state index in [1.54, 1.807) is 18.2 Å². The maximum absolute atomic E-state index is 13.0. The van der Waals surface area contributed by atoms with Crippen molar-refractivity contribution < 1.29 is 14.7 Å². The molecule has 0 fully saturated rings. The maximum Gasteiger partial charge on any atom is 0.337 e. The second kappa shape index (κ2) is 7.89. The van der Waals surface area contributed by atoms with Crippen molar-refractivity contribution in [3.05, 3.63) is 87.7 Å². The number of aryl methyl sites for hydroxylation is 1. The number of carboxylic acids is 1. The normalized spacial score (nSPS) is 15.0. The molecule has 2 aromatic carbocycles. The first-order chi connectivity index (χ1) is 14.8. The van der Waals surface area contributed by atoms with Gasteiger partial charge in [-0.1, -0.05) is 29.8 Å². The Morgan fingerprint density at radius 2 is 1.74 bits per heavy atom. The first kappa shape index (κ1) is 20.6. The monoisotopic (exact) mass is 433 g/mol. The molecular weight excluding hydrogens is 414 g/mol. The van der Waals surface area contributed by atoms with E-state index in [9.17, 15) is 14.7 Å². The standard InChI is InChI=1S/C24H20ClN3O3/c1-14-11-17(16(3)27(14)19-9-10-22(25)21(13-19)24(30)31)12-20-15(2)26-28(23(20)29)18-7-5-4-6-8-18/h4-13H,1-3H3,(H,30,31)/b20-12+. The lowest BCUT2D eigenvalue weighted by atomic mass is 10.1. The molecule has 0 atom stereocenters. The lowest BCUT2D eigenvalue weighted by Crippen LogP contribution is -2.21. The van der Waals surface area contributed by atoms with Crippen molar-refractivity contribution in [2.75, 3.05) is 5.01 Å². The fourth-order valence-electron chi connectivity index (χ4n) is 3.73. The largest absolute Gasteiger partial charge is 0.478 e. The number of halogens is 1. The van der Waals surface area contributed by atoms with Gasteiger partial charge in [-0.15, -0.1) is 0 Å². The van der Waals surface area contributed by atoms with Gasteiger partial charge in [0.15, 0.2) is 0 Å². The Morgan fingerprint density at radius 3 is 2.42 bits per heavy atom. The van der Waals surface area contributed by atoms with Gasteiger partial charge < -0.3 is 9.67 Å². The topological polar surface area (TPSA) is 74.9 Å². The van der Waals surface area contributed by atoms with Crippen LogP contribution in [0.3, 0.4) is 0 Å². The van der Waals surface area contributed by atoms with E-state index in [-0.39, 0.29) is 16.5 Å². The molecule has 2 heterocycles. The molecular formula is C24H20ClN3O3. The van der Waals surface area contributed by atoms with Crippen molar-refractivity contribution in [3.8, 4) is 5.69 Å². The van der Waals surface area contributed by atoms with Crippen molar-refractivity contribution >= 4 is 41.0 Å². The van der Waals surface area contributed by atoms with Crippen LogP contribution in [-0.2, 0) is 4.79 Å². The van der Waals surface area contributed by atoms with E-state index in [1.165, 1.54) is 5.01 Å². The molecule has 1 aromatic heterocycles. The Bertz CT molecular complexity index is 1270. The highest BCUT2D eigenvalue weighted by Gasteiger charge is 2.29. The molecule has 4 rings (SSSR count). The smallest absolute Gasteiger partial charge is 0.337 e. The quantitative estimate of drug-likeness (QED) is 0.571. The Balaban J connectivity index is 1.74. The van der Waals surface area contributed by atoms with E-state index in [0.717, 1.165) is 17.0 Å². The second-order valence-corrected chi connectivity index (χ2v) is 7.73. The lowest BCUT2D eigenvalue weighted by molar-refractivity contribution is -0.114. The Hall–Kier alpha value is -3.64. The minimum Gasteiger partial charge on any atom is -0.478 e. The van der Waals surface area contributed by atoms with Crippen LogP contribution in [-0.4, -0.2) is 27.3 Å². The summed E-state index contributed by atoms with van der Waals surface area (Å²) in [4.78, 5) is 24.5. The molecule has 1 amide bonds. The number of aromatic nitrogens is 1. The van der Waals surface area contributed by atoms with Crippen molar-refractivity contribution in [2.45, 2.75) is 20.8 Å². The summed E-state index contributed by atoms with van der Waals surface area (Å²) in [5.41, 5.74) is 5.24. The number of benzene rings is 2. The summed E-state index contributed by atoms with van der Waals surface area (Å²) in [6, 6.07) is 16.1. The summed E-state index contributed by atoms with van der Waals surface area (Å²) in [5.74, 6) is -1.27. The number of aromatic carboxylic acids is 1. The molecule has 0 saturated carbocycles. The van der Waals surface area contributed by atoms with Gasteiger partial charge in [0.1, 0.15) is 0 Å². The van der Waals surface area contributed by atoms with E-state index < -0.39 is 5.97 Å². The highest BCUT2D eigenvalue weighted by atomic mass is 35.5. The molecule has 1 aliphatic heterocycles. The molecule has 0 bridgehead atoms. The molecule has 6 nitrogen and oxygen atoms in total. The molecule has 0 spiro atoms. The van der Waals surface area contributed by atoms with E-state index in [4.69, 9.17) is 11.6 Å². The van der Waals surface area contributed by atoms with E-state index in [2.05, 4.69) is 5.10 Å². The first-order valence-corrected chi connectivity index (χ1v) is 10.0. The van der Waals surface area contributed by atoms with Gasteiger partial charge in [-0.05, 0) is 68.8 Å². The van der Waals surface area contributed by atoms with Crippen LogP contribution in [0.15, 0.2) is 65.3 Å². The number of nitrogens with zero attached hydrogens (tertiary/aromatic N) is 3. The van der Waals surface area contributed by atoms with Gasteiger partial charge in [-0.25, -0.2) is 4.79 Å². The van der Waals surface area contributed by atoms with E-state index >= 15 is 0 Å². The minimum atomic E-state index is -1.08. The predicted molar refractivity (Wildman–Crippen MR) is 122 cm³/mol. The van der Waals surface area contributed by atoms with Gasteiger partial charge in [0, 0.05) is 17.1 Å². The average Bonchev–Trinajstić information content (AvgIpc) is 3.18. The number of rotatable bonds is 4. The summed E-state index contributed by atoms with van der Waals surface area (Å²) in [6.07, 6.45) is 1.83. The molecule has 3 aromatic rings. The average molecular weight is 434 g/mol. The second-order valence-electron chi connectivity index (χ2n) is 7.33. The highest BCUT2D eigenvalue weighted by Crippen LogP contribution is 2.29. The number of amides is 1. The summed E-state index contributed by atoms with van der Waals surface area (Å²) in [6.45, 7) is 5.66. The van der Waals surface area contributed by atoms with Crippen molar-refractivity contribution in [3.63, 3.8) is 0 Å². The third-order valence-corrected chi connectivity index (χ3v) is 5.60. The van der Waals surface area contributed by atoms with Gasteiger partial charge in [0.2, 0.25) is 0 Å². The highest BCUT2D eigenvalue weighted by molar-refractivity contribution is 6.33. The number of anilines is 1. The van der Waals surface area contributed by atoms with Crippen LogP contribution in [0.25, 0.3) is 11.8 Å². The molecule has 31 heavy (non-hydrogen) atoms. The zero-order valence-electron chi connectivity index (χ0n) is 17.3. The number of para-hydroxylation sites is 1. The maximum atomic E-state index is 13.0. The summed E-state index contributed by atoms with van der Waals surface area (Å²) >= 11 is 6.02. The first-order valence-electron chi connectivity index (χ1n) is 9.67. The molecule has 0 unspecified atom stereocenters. The van der Waals surface area contributed by atoms with Crippen LogP contribution in [0.5, 0.6) is 0 Å². The van der Waals surface area contributed by atoms with Crippen molar-refractivity contribution in [1.82, 2.24) is 4.57 Å². The van der Waals surface area contributed by atoms with E-state index in [1.807, 2.05) is 67.8 Å². The molecule has 1 N–H and O–H groups in total. The Kier molecular flexibility index (Phi) is 5.25. The van der Waals surface area contributed by atoms with Crippen LogP contribution in [0.4, 0.5) is 5.69 Å². The van der Waals surface area contributed by atoms with Crippen LogP contribution in [0.1, 0.15) is 34.2 Å². The van der Waals surface area contributed by atoms with Crippen LogP contribution in [0.2, 0.25) is 5.02 Å². The third-order valence-electron chi connectivity index (χ3n) is 5.27. The number of hydrazone groups is 1. The number of hydrogen-bond donors (Lipinski definition) is 1. The number of hydrogen-bond acceptors (Lipinski definition) is 3. The lowest BCUT2D eigenvalue weighted by Gasteiger charge is -2.12.